The minimum atomic E-state index is -0.526. The molecule has 0 saturated heterocycles. The number of benzene rings is 3. The van der Waals surface area contributed by atoms with Crippen molar-refractivity contribution in [2.45, 2.75) is 0 Å². The molecule has 0 aliphatic rings. The first kappa shape index (κ1) is 23.2. The molecule has 6 nitrogen and oxygen atoms in total. The monoisotopic (exact) mass is 441 g/mol. The highest BCUT2D eigenvalue weighted by atomic mass is 16.5. The van der Waals surface area contributed by atoms with Gasteiger partial charge in [0.05, 0.1) is 33.0 Å². The molecule has 0 fully saturated rings. The van der Waals surface area contributed by atoms with Gasteiger partial charge in [-0.2, -0.15) is 5.26 Å². The summed E-state index contributed by atoms with van der Waals surface area (Å²) < 4.78 is 21.1. The van der Waals surface area contributed by atoms with E-state index >= 15 is 0 Å². The third kappa shape index (κ3) is 6.25. The lowest BCUT2D eigenvalue weighted by molar-refractivity contribution is -0.128. The van der Waals surface area contributed by atoms with E-state index in [9.17, 15) is 10.1 Å². The number of nitrogens with zero attached hydrogens (tertiary/aromatic N) is 1. The number of hydrogen-bond acceptors (Lipinski definition) is 6. The van der Waals surface area contributed by atoms with Crippen LogP contribution in [0.3, 0.4) is 0 Å². The number of allylic oxidation sites excluding steroid dienone is 1. The van der Waals surface area contributed by atoms with Gasteiger partial charge in [0.15, 0.2) is 11.5 Å². The maximum Gasteiger partial charge on any atom is 0.336 e. The van der Waals surface area contributed by atoms with E-state index in [0.29, 0.717) is 28.6 Å². The highest BCUT2D eigenvalue weighted by molar-refractivity contribution is 5.91. The summed E-state index contributed by atoms with van der Waals surface area (Å²) in [5, 5.41) is 9.57. The molecule has 0 aliphatic carbocycles. The smallest absolute Gasteiger partial charge is 0.336 e. The fraction of sp³-hybridized carbons (Fsp3) is 0.111. The minimum Gasteiger partial charge on any atom is -0.497 e. The van der Waals surface area contributed by atoms with Crippen molar-refractivity contribution in [1.29, 1.82) is 5.26 Å². The number of hydrogen-bond donors (Lipinski definition) is 0. The molecule has 0 heterocycles. The SMILES string of the molecule is COc1ccc(/C(C#N)=C\c2cccc(OC(=O)/C=C/c3ccc(OC)c(OC)c3)c2)cc1. The molecule has 0 saturated carbocycles. The number of carbonyl (C=O) groups excluding carboxylic acids is 1. The summed E-state index contributed by atoms with van der Waals surface area (Å²) in [5.74, 6) is 1.73. The average Bonchev–Trinajstić information content (AvgIpc) is 2.86. The fourth-order valence-electron chi connectivity index (χ4n) is 3.06. The van der Waals surface area contributed by atoms with Crippen LogP contribution in [0, 0.1) is 11.3 Å². The Labute approximate surface area is 192 Å². The molecule has 0 amide bonds. The molecule has 3 aromatic rings. The molecule has 3 rings (SSSR count). The number of esters is 1. The van der Waals surface area contributed by atoms with Crippen molar-refractivity contribution in [3.8, 4) is 29.1 Å². The first-order chi connectivity index (χ1) is 16.1. The number of methoxy groups -OCH3 is 3. The molecule has 0 bridgehead atoms. The van der Waals surface area contributed by atoms with Gasteiger partial charge in [-0.05, 0) is 77.4 Å². The zero-order chi connectivity index (χ0) is 23.6. The van der Waals surface area contributed by atoms with Crippen LogP contribution in [0.15, 0.2) is 72.8 Å². The van der Waals surface area contributed by atoms with Crippen LogP contribution in [0.25, 0.3) is 17.7 Å². The van der Waals surface area contributed by atoms with E-state index in [2.05, 4.69) is 6.07 Å². The highest BCUT2D eigenvalue weighted by Crippen LogP contribution is 2.28. The van der Waals surface area contributed by atoms with Gasteiger partial charge in [0.1, 0.15) is 11.5 Å². The Balaban J connectivity index is 1.72. The summed E-state index contributed by atoms with van der Waals surface area (Å²) in [4.78, 5) is 12.3. The molecule has 0 aromatic heterocycles. The molecular weight excluding hydrogens is 418 g/mol. The second kappa shape index (κ2) is 11.2. The number of carbonyl (C=O) groups is 1. The summed E-state index contributed by atoms with van der Waals surface area (Å²) >= 11 is 0. The zero-order valence-corrected chi connectivity index (χ0v) is 18.6. The topological polar surface area (TPSA) is 77.8 Å². The third-order valence-electron chi connectivity index (χ3n) is 4.73. The first-order valence-electron chi connectivity index (χ1n) is 10.0. The maximum atomic E-state index is 12.3. The molecule has 3 aromatic carbocycles. The van der Waals surface area contributed by atoms with Gasteiger partial charge in [-0.25, -0.2) is 4.79 Å². The molecule has 0 unspecified atom stereocenters. The van der Waals surface area contributed by atoms with E-state index in [1.807, 2.05) is 18.2 Å². The predicted molar refractivity (Wildman–Crippen MR) is 127 cm³/mol. The molecule has 0 atom stereocenters. The van der Waals surface area contributed by atoms with Crippen molar-refractivity contribution >= 4 is 23.7 Å². The Bertz CT molecular complexity index is 1220. The second-order valence-electron chi connectivity index (χ2n) is 6.84. The summed E-state index contributed by atoms with van der Waals surface area (Å²) in [5.41, 5.74) is 2.74. The normalized spacial score (nSPS) is 11.0. The molecule has 33 heavy (non-hydrogen) atoms. The number of rotatable bonds is 8. The number of ether oxygens (including phenoxy) is 4. The Morgan fingerprint density at radius 1 is 0.818 bits per heavy atom. The quantitative estimate of drug-likeness (QED) is 0.153. The van der Waals surface area contributed by atoms with Gasteiger partial charge in [-0.3, -0.25) is 0 Å². The van der Waals surface area contributed by atoms with Crippen LogP contribution in [0.1, 0.15) is 16.7 Å². The van der Waals surface area contributed by atoms with Gasteiger partial charge >= 0.3 is 5.97 Å². The van der Waals surface area contributed by atoms with E-state index in [1.54, 1.807) is 82.0 Å². The van der Waals surface area contributed by atoms with Gasteiger partial charge < -0.3 is 18.9 Å². The average molecular weight is 441 g/mol. The van der Waals surface area contributed by atoms with Crippen molar-refractivity contribution in [3.05, 3.63) is 89.5 Å². The van der Waals surface area contributed by atoms with Crippen LogP contribution in [-0.2, 0) is 4.79 Å². The van der Waals surface area contributed by atoms with Crippen LogP contribution in [0.2, 0.25) is 0 Å². The largest absolute Gasteiger partial charge is 0.497 e. The first-order valence-corrected chi connectivity index (χ1v) is 10.0. The van der Waals surface area contributed by atoms with E-state index in [4.69, 9.17) is 18.9 Å². The standard InChI is InChI=1S/C27H23NO5/c1-30-23-11-9-21(10-12-23)22(18-28)15-20-5-4-6-24(16-20)33-27(29)14-8-19-7-13-25(31-2)26(17-19)32-3/h4-17H,1-3H3/b14-8+,22-15-. The second-order valence-corrected chi connectivity index (χ2v) is 6.84. The van der Waals surface area contributed by atoms with Crippen LogP contribution < -0.4 is 18.9 Å². The fourth-order valence-corrected chi connectivity index (χ4v) is 3.06. The van der Waals surface area contributed by atoms with Crippen molar-refractivity contribution in [1.82, 2.24) is 0 Å². The van der Waals surface area contributed by atoms with E-state index in [-0.39, 0.29) is 0 Å². The molecular formula is C27H23NO5. The Kier molecular flexibility index (Phi) is 7.87. The molecule has 6 heteroatoms. The summed E-state index contributed by atoms with van der Waals surface area (Å²) in [7, 11) is 4.70. The molecule has 166 valence electrons. The van der Waals surface area contributed by atoms with Gasteiger partial charge in [-0.1, -0.05) is 18.2 Å². The lowest BCUT2D eigenvalue weighted by Crippen LogP contribution is -2.03. The van der Waals surface area contributed by atoms with Gasteiger partial charge in [0.25, 0.3) is 0 Å². The van der Waals surface area contributed by atoms with Crippen LogP contribution in [-0.4, -0.2) is 27.3 Å². The van der Waals surface area contributed by atoms with E-state index in [0.717, 1.165) is 16.7 Å². The lowest BCUT2D eigenvalue weighted by Gasteiger charge is -2.07. The van der Waals surface area contributed by atoms with Gasteiger partial charge in [0.2, 0.25) is 0 Å². The molecule has 0 N–H and O–H groups in total. The van der Waals surface area contributed by atoms with Crippen molar-refractivity contribution in [2.75, 3.05) is 21.3 Å². The maximum absolute atomic E-state index is 12.3. The van der Waals surface area contributed by atoms with Crippen LogP contribution >= 0.6 is 0 Å². The van der Waals surface area contributed by atoms with Gasteiger partial charge in [-0.15, -0.1) is 0 Å². The van der Waals surface area contributed by atoms with E-state index < -0.39 is 5.97 Å². The van der Waals surface area contributed by atoms with E-state index in [1.165, 1.54) is 6.08 Å². The summed E-state index contributed by atoms with van der Waals surface area (Å²) in [6.45, 7) is 0. The summed E-state index contributed by atoms with van der Waals surface area (Å²) in [6, 6.07) is 21.7. The van der Waals surface area contributed by atoms with Crippen LogP contribution in [0.4, 0.5) is 0 Å². The van der Waals surface area contributed by atoms with Crippen LogP contribution in [0.5, 0.6) is 23.0 Å². The number of nitriles is 1. The Hall–Kier alpha value is -4.50. The van der Waals surface area contributed by atoms with Gasteiger partial charge in [0, 0.05) is 6.08 Å². The lowest BCUT2D eigenvalue weighted by atomic mass is 10.0. The zero-order valence-electron chi connectivity index (χ0n) is 18.6. The van der Waals surface area contributed by atoms with Crippen molar-refractivity contribution in [3.63, 3.8) is 0 Å². The van der Waals surface area contributed by atoms with Crippen molar-refractivity contribution < 1.29 is 23.7 Å². The molecule has 0 aliphatic heterocycles. The minimum absolute atomic E-state index is 0.373. The molecule has 0 spiro atoms. The third-order valence-corrected chi connectivity index (χ3v) is 4.73. The van der Waals surface area contributed by atoms with Crippen molar-refractivity contribution in [2.24, 2.45) is 0 Å². The summed E-state index contributed by atoms with van der Waals surface area (Å²) in [6.07, 6.45) is 4.70. The predicted octanol–water partition coefficient (Wildman–Crippen LogP) is 5.40. The Morgan fingerprint density at radius 3 is 2.24 bits per heavy atom. The Morgan fingerprint density at radius 2 is 1.58 bits per heavy atom. The molecule has 0 radical (unpaired) electrons. The highest BCUT2D eigenvalue weighted by Gasteiger charge is 2.06.